The van der Waals surface area contributed by atoms with Crippen molar-refractivity contribution in [3.63, 3.8) is 0 Å². The number of carbonyl (C=O) groups excluding carboxylic acids is 1. The van der Waals surface area contributed by atoms with Gasteiger partial charge in [-0.1, -0.05) is 61.8 Å². The summed E-state index contributed by atoms with van der Waals surface area (Å²) >= 11 is 0. The number of nitrogens with two attached hydrogens (primary N) is 1. The summed E-state index contributed by atoms with van der Waals surface area (Å²) in [5, 5.41) is 0. The molecule has 0 aromatic carbocycles. The van der Waals surface area contributed by atoms with Crippen LogP contribution in [-0.2, 0) is 4.79 Å². The van der Waals surface area contributed by atoms with E-state index in [-0.39, 0.29) is 20.3 Å². The Hall–Kier alpha value is -0.370. The van der Waals surface area contributed by atoms with E-state index < -0.39 is 0 Å². The van der Waals surface area contributed by atoms with Crippen LogP contribution in [0.2, 0.25) is 0 Å². The molecule has 2 aliphatic rings. The molecule has 2 saturated carbocycles. The van der Waals surface area contributed by atoms with E-state index in [1.165, 1.54) is 32.1 Å². The van der Waals surface area contributed by atoms with Crippen LogP contribution in [0.15, 0.2) is 0 Å². The van der Waals surface area contributed by atoms with Crippen LogP contribution in [0, 0.1) is 10.8 Å². The number of carbonyl (C=O) groups is 1. The highest BCUT2D eigenvalue weighted by atomic mass is 16.1. The Kier molecular flexibility index (Phi) is 9.66. The second-order valence-corrected chi connectivity index (χ2v) is 7.36. The summed E-state index contributed by atoms with van der Waals surface area (Å²) < 4.78 is 0. The van der Waals surface area contributed by atoms with E-state index in [1.54, 1.807) is 0 Å². The lowest BCUT2D eigenvalue weighted by Gasteiger charge is -2.35. The third-order valence-electron chi connectivity index (χ3n) is 4.80. The first-order chi connectivity index (χ1) is 8.26. The zero-order valence-electron chi connectivity index (χ0n) is 12.7. The zero-order chi connectivity index (χ0) is 13.8. The van der Waals surface area contributed by atoms with Gasteiger partial charge in [-0.05, 0) is 31.1 Å². The molecule has 20 heavy (non-hydrogen) atoms. The predicted octanol–water partition coefficient (Wildman–Crippen LogP) is 5.34. The predicted molar refractivity (Wildman–Crippen MR) is 90.9 cm³/mol. The average Bonchev–Trinajstić information content (AvgIpc) is 2.28. The van der Waals surface area contributed by atoms with E-state index in [9.17, 15) is 4.79 Å². The first kappa shape index (κ1) is 21.9. The molecule has 0 aliphatic heterocycles. The molecule has 0 spiro atoms. The second-order valence-electron chi connectivity index (χ2n) is 7.36. The maximum Gasteiger partial charge on any atom is 0.138 e. The summed E-state index contributed by atoms with van der Waals surface area (Å²) in [7, 11) is 0. The Bertz CT molecular complexity index is 281. The Morgan fingerprint density at radius 3 is 1.80 bits per heavy atom. The third-order valence-corrected chi connectivity index (χ3v) is 4.80. The molecule has 0 aromatic heterocycles. The van der Waals surface area contributed by atoms with Crippen LogP contribution in [0.3, 0.4) is 0 Å². The number of hydrogen-bond donors (Lipinski definition) is 1. The van der Waals surface area contributed by atoms with E-state index >= 15 is 0 Å². The summed E-state index contributed by atoms with van der Waals surface area (Å²) in [6, 6.07) is 0.450. The molecule has 0 amide bonds. The van der Waals surface area contributed by atoms with Gasteiger partial charge >= 0.3 is 0 Å². The minimum Gasteiger partial charge on any atom is -0.327 e. The first-order valence-electron chi connectivity index (χ1n) is 7.55. The van der Waals surface area contributed by atoms with Gasteiger partial charge in [0.2, 0.25) is 0 Å². The first-order valence-corrected chi connectivity index (χ1v) is 7.55. The molecule has 2 N–H and O–H groups in total. The van der Waals surface area contributed by atoms with Crippen molar-refractivity contribution < 1.29 is 4.79 Å². The molecule has 1 unspecified atom stereocenters. The Labute approximate surface area is 127 Å². The van der Waals surface area contributed by atoms with Gasteiger partial charge in [0.15, 0.2) is 0 Å². The smallest absolute Gasteiger partial charge is 0.138 e. The van der Waals surface area contributed by atoms with E-state index in [1.807, 2.05) is 0 Å². The van der Waals surface area contributed by atoms with Crippen LogP contribution in [0.4, 0.5) is 0 Å². The molecule has 1 atom stereocenters. The van der Waals surface area contributed by atoms with Gasteiger partial charge in [0.1, 0.15) is 5.78 Å². The van der Waals surface area contributed by atoms with E-state index in [2.05, 4.69) is 27.7 Å². The van der Waals surface area contributed by atoms with Crippen LogP contribution >= 0.6 is 0 Å². The van der Waals surface area contributed by atoms with Crippen LogP contribution in [-0.4, -0.2) is 11.8 Å². The van der Waals surface area contributed by atoms with Gasteiger partial charge in [-0.25, -0.2) is 0 Å². The van der Waals surface area contributed by atoms with Gasteiger partial charge in [0.05, 0.1) is 0 Å². The molecule has 0 bridgehead atoms. The van der Waals surface area contributed by atoms with Crippen LogP contribution in [0.1, 0.15) is 93.9 Å². The fourth-order valence-corrected chi connectivity index (χ4v) is 2.85. The largest absolute Gasteiger partial charge is 0.327 e. The van der Waals surface area contributed by atoms with Crippen LogP contribution in [0.5, 0.6) is 0 Å². The standard InChI is InChI=1S/C8H17N.C8H14O.2CH4/c2*1-8(2)6-4-3-5-7(8)9;;/h7H,3-6,9H2,1-2H3;3-6H2,1-2H3;2*1H4. The quantitative estimate of drug-likeness (QED) is 0.652. The molecular formula is C18H39NO. The topological polar surface area (TPSA) is 43.1 Å². The van der Waals surface area contributed by atoms with Crippen molar-refractivity contribution in [2.45, 2.75) is 100.0 Å². The molecule has 0 radical (unpaired) electrons. The SMILES string of the molecule is C.C.CC1(C)CCCCC1=O.CC1(C)CCCCC1N. The van der Waals surface area contributed by atoms with Crippen molar-refractivity contribution in [1.29, 1.82) is 0 Å². The van der Waals surface area contributed by atoms with Crippen LogP contribution in [0.25, 0.3) is 0 Å². The van der Waals surface area contributed by atoms with Crippen molar-refractivity contribution in [1.82, 2.24) is 0 Å². The molecule has 0 aromatic rings. The Balaban J connectivity index is 0. The molecule has 2 heteroatoms. The Morgan fingerprint density at radius 1 is 0.950 bits per heavy atom. The van der Waals surface area contributed by atoms with Gasteiger partial charge in [0, 0.05) is 17.9 Å². The highest BCUT2D eigenvalue weighted by molar-refractivity contribution is 5.84. The maximum atomic E-state index is 11.1. The summed E-state index contributed by atoms with van der Waals surface area (Å²) in [5.74, 6) is 0.453. The summed E-state index contributed by atoms with van der Waals surface area (Å²) in [4.78, 5) is 11.1. The number of Topliss-reactive ketones (excluding diaryl/α,β-unsaturated/α-hetero) is 1. The lowest BCUT2D eigenvalue weighted by atomic mass is 9.74. The van der Waals surface area contributed by atoms with Gasteiger partial charge in [-0.3, -0.25) is 4.79 Å². The third kappa shape index (κ3) is 6.39. The minimum absolute atomic E-state index is 0. The highest BCUT2D eigenvalue weighted by Gasteiger charge is 2.29. The second kappa shape index (κ2) is 8.81. The molecule has 2 fully saturated rings. The fourth-order valence-electron chi connectivity index (χ4n) is 2.85. The molecule has 0 heterocycles. The lowest BCUT2D eigenvalue weighted by molar-refractivity contribution is -0.129. The summed E-state index contributed by atoms with van der Waals surface area (Å²) in [6.07, 6.45) is 9.51. The average molecular weight is 286 g/mol. The Morgan fingerprint density at radius 2 is 1.50 bits per heavy atom. The molecule has 0 saturated heterocycles. The zero-order valence-corrected chi connectivity index (χ0v) is 12.7. The number of ketones is 1. The van der Waals surface area contributed by atoms with Gasteiger partial charge in [0.25, 0.3) is 0 Å². The highest BCUT2D eigenvalue weighted by Crippen LogP contribution is 2.33. The molecular weight excluding hydrogens is 246 g/mol. The number of hydrogen-bond acceptors (Lipinski definition) is 2. The van der Waals surface area contributed by atoms with Gasteiger partial charge in [-0.15, -0.1) is 0 Å². The number of rotatable bonds is 0. The van der Waals surface area contributed by atoms with Crippen molar-refractivity contribution in [2.75, 3.05) is 0 Å². The van der Waals surface area contributed by atoms with E-state index in [0.717, 1.165) is 19.3 Å². The molecule has 2 rings (SSSR count). The van der Waals surface area contributed by atoms with E-state index in [4.69, 9.17) is 5.73 Å². The van der Waals surface area contributed by atoms with Crippen LogP contribution < -0.4 is 5.73 Å². The molecule has 2 nitrogen and oxygen atoms in total. The summed E-state index contributed by atoms with van der Waals surface area (Å²) in [5.41, 5.74) is 6.33. The maximum absolute atomic E-state index is 11.1. The van der Waals surface area contributed by atoms with Crippen molar-refractivity contribution in [3.8, 4) is 0 Å². The minimum atomic E-state index is -0.00174. The van der Waals surface area contributed by atoms with Crippen molar-refractivity contribution in [2.24, 2.45) is 16.6 Å². The molecule has 2 aliphatic carbocycles. The lowest BCUT2D eigenvalue weighted by Crippen LogP contribution is -2.39. The van der Waals surface area contributed by atoms with Crippen molar-refractivity contribution >= 4 is 5.78 Å². The van der Waals surface area contributed by atoms with Gasteiger partial charge in [-0.2, -0.15) is 0 Å². The van der Waals surface area contributed by atoms with Crippen molar-refractivity contribution in [3.05, 3.63) is 0 Å². The summed E-state index contributed by atoms with van der Waals surface area (Å²) in [6.45, 7) is 8.65. The van der Waals surface area contributed by atoms with E-state index in [0.29, 0.717) is 17.2 Å². The van der Waals surface area contributed by atoms with Gasteiger partial charge < -0.3 is 5.73 Å². The fraction of sp³-hybridized carbons (Fsp3) is 0.944. The normalized spacial score (nSPS) is 27.2. The monoisotopic (exact) mass is 285 g/mol. The molecule has 122 valence electrons.